The Morgan fingerprint density at radius 2 is 1.78 bits per heavy atom. The Hall–Kier alpha value is -2.36. The lowest BCUT2D eigenvalue weighted by Crippen LogP contribution is -2.23. The van der Waals surface area contributed by atoms with Crippen LogP contribution in [0.3, 0.4) is 0 Å². The lowest BCUT2D eigenvalue weighted by atomic mass is 10.0. The molecule has 23 heavy (non-hydrogen) atoms. The number of nitrogens with zero attached hydrogens (tertiary/aromatic N) is 2. The predicted octanol–water partition coefficient (Wildman–Crippen LogP) is 4.30. The van der Waals surface area contributed by atoms with E-state index in [1.54, 1.807) is 6.20 Å². The maximum absolute atomic E-state index is 12.4. The van der Waals surface area contributed by atoms with E-state index in [-0.39, 0.29) is 5.91 Å². The molecule has 0 aliphatic rings. The zero-order valence-corrected chi connectivity index (χ0v) is 14.3. The van der Waals surface area contributed by atoms with Crippen LogP contribution in [-0.2, 0) is 0 Å². The molecule has 0 aliphatic heterocycles. The number of amides is 1. The number of pyridine rings is 1. The van der Waals surface area contributed by atoms with Crippen LogP contribution in [0.2, 0.25) is 0 Å². The Bertz CT molecular complexity index is 646. The van der Waals surface area contributed by atoms with Crippen LogP contribution in [0.25, 0.3) is 0 Å². The second-order valence-corrected chi connectivity index (χ2v) is 5.80. The van der Waals surface area contributed by atoms with E-state index in [0.29, 0.717) is 11.6 Å². The Kier molecular flexibility index (Phi) is 5.74. The minimum Gasteiger partial charge on any atom is -0.372 e. The number of nitrogens with one attached hydrogen (secondary N) is 1. The van der Waals surface area contributed by atoms with Crippen molar-refractivity contribution < 1.29 is 4.79 Å². The van der Waals surface area contributed by atoms with Crippen LogP contribution in [0.15, 0.2) is 42.6 Å². The molecular formula is C19H25N3O. The van der Waals surface area contributed by atoms with Crippen LogP contribution in [0, 0.1) is 0 Å². The molecule has 4 nitrogen and oxygen atoms in total. The first kappa shape index (κ1) is 17.0. The molecule has 0 radical (unpaired) electrons. The molecule has 1 amide bonds. The molecule has 122 valence electrons. The second kappa shape index (κ2) is 7.77. The van der Waals surface area contributed by atoms with E-state index < -0.39 is 0 Å². The molecule has 1 aromatic carbocycles. The highest BCUT2D eigenvalue weighted by molar-refractivity contribution is 6.03. The predicted molar refractivity (Wildman–Crippen MR) is 96.3 cm³/mol. The number of benzene rings is 1. The maximum atomic E-state index is 12.4. The molecule has 0 saturated carbocycles. The summed E-state index contributed by atoms with van der Waals surface area (Å²) in [6.45, 7) is 10.3. The van der Waals surface area contributed by atoms with Gasteiger partial charge in [0.2, 0.25) is 0 Å². The third-order valence-electron chi connectivity index (χ3n) is 3.94. The lowest BCUT2D eigenvalue weighted by molar-refractivity contribution is 0.102. The minimum absolute atomic E-state index is 0.184. The van der Waals surface area contributed by atoms with Gasteiger partial charge in [-0.2, -0.15) is 0 Å². The van der Waals surface area contributed by atoms with Crippen molar-refractivity contribution in [3.8, 4) is 0 Å². The highest BCUT2D eigenvalue weighted by Crippen LogP contribution is 2.18. The molecule has 0 fully saturated rings. The van der Waals surface area contributed by atoms with Crippen LogP contribution in [0.4, 0.5) is 11.4 Å². The van der Waals surface area contributed by atoms with Crippen molar-refractivity contribution >= 4 is 17.3 Å². The summed E-state index contributed by atoms with van der Waals surface area (Å²) in [5.74, 6) is 0.295. The Labute approximate surface area is 138 Å². The normalized spacial score (nSPS) is 10.7. The van der Waals surface area contributed by atoms with E-state index >= 15 is 0 Å². The summed E-state index contributed by atoms with van der Waals surface area (Å²) < 4.78 is 0. The van der Waals surface area contributed by atoms with Crippen LogP contribution in [0.5, 0.6) is 0 Å². The average molecular weight is 311 g/mol. The molecular weight excluding hydrogens is 286 g/mol. The van der Waals surface area contributed by atoms with Gasteiger partial charge in [-0.3, -0.25) is 9.78 Å². The van der Waals surface area contributed by atoms with Gasteiger partial charge in [0.25, 0.3) is 5.91 Å². The SMILES string of the molecule is CCN(CC)c1ccnc(C(=O)Nc2ccc(C(C)C)cc2)c1. The molecule has 0 saturated heterocycles. The standard InChI is InChI=1S/C19H25N3O/c1-5-22(6-2)17-11-12-20-18(13-17)19(23)21-16-9-7-15(8-10-16)14(3)4/h7-14H,5-6H2,1-4H3,(H,21,23). The summed E-state index contributed by atoms with van der Waals surface area (Å²) in [6.07, 6.45) is 1.68. The highest BCUT2D eigenvalue weighted by atomic mass is 16.1. The smallest absolute Gasteiger partial charge is 0.274 e. The molecule has 2 rings (SSSR count). The molecule has 2 aromatic rings. The first-order chi connectivity index (χ1) is 11.0. The Balaban J connectivity index is 2.12. The Morgan fingerprint density at radius 1 is 1.13 bits per heavy atom. The summed E-state index contributed by atoms with van der Waals surface area (Å²) in [7, 11) is 0. The van der Waals surface area contributed by atoms with E-state index in [2.05, 4.69) is 42.9 Å². The fraction of sp³-hybridized carbons (Fsp3) is 0.368. The number of aromatic nitrogens is 1. The van der Waals surface area contributed by atoms with Gasteiger partial charge in [-0.25, -0.2) is 0 Å². The summed E-state index contributed by atoms with van der Waals surface area (Å²) in [5.41, 5.74) is 3.49. The van der Waals surface area contributed by atoms with Crippen LogP contribution < -0.4 is 10.2 Å². The highest BCUT2D eigenvalue weighted by Gasteiger charge is 2.11. The topological polar surface area (TPSA) is 45.2 Å². The molecule has 1 heterocycles. The fourth-order valence-electron chi connectivity index (χ4n) is 2.48. The number of carbonyl (C=O) groups excluding carboxylic acids is 1. The van der Waals surface area contributed by atoms with Gasteiger partial charge < -0.3 is 10.2 Å². The van der Waals surface area contributed by atoms with Gasteiger partial charge in [-0.15, -0.1) is 0 Å². The fourth-order valence-corrected chi connectivity index (χ4v) is 2.48. The zero-order chi connectivity index (χ0) is 16.8. The van der Waals surface area contributed by atoms with E-state index in [1.165, 1.54) is 5.56 Å². The van der Waals surface area contributed by atoms with E-state index in [4.69, 9.17) is 0 Å². The van der Waals surface area contributed by atoms with Crippen LogP contribution in [0.1, 0.15) is 49.7 Å². The van der Waals surface area contributed by atoms with Crippen molar-refractivity contribution in [2.75, 3.05) is 23.3 Å². The second-order valence-electron chi connectivity index (χ2n) is 5.80. The molecule has 1 N–H and O–H groups in total. The van der Waals surface area contributed by atoms with Gasteiger partial charge in [0.1, 0.15) is 5.69 Å². The summed E-state index contributed by atoms with van der Waals surface area (Å²) >= 11 is 0. The first-order valence-electron chi connectivity index (χ1n) is 8.17. The monoisotopic (exact) mass is 311 g/mol. The van der Waals surface area contributed by atoms with Crippen LogP contribution >= 0.6 is 0 Å². The summed E-state index contributed by atoms with van der Waals surface area (Å²) in [6, 6.07) is 11.7. The molecule has 0 spiro atoms. The van der Waals surface area contributed by atoms with Crippen LogP contribution in [-0.4, -0.2) is 24.0 Å². The molecule has 0 bridgehead atoms. The van der Waals surface area contributed by atoms with Crippen molar-refractivity contribution in [2.24, 2.45) is 0 Å². The zero-order valence-electron chi connectivity index (χ0n) is 14.3. The molecule has 4 heteroatoms. The average Bonchev–Trinajstić information content (AvgIpc) is 2.57. The lowest BCUT2D eigenvalue weighted by Gasteiger charge is -2.21. The van der Waals surface area contributed by atoms with Crippen molar-refractivity contribution in [3.05, 3.63) is 53.9 Å². The molecule has 0 aliphatic carbocycles. The largest absolute Gasteiger partial charge is 0.372 e. The van der Waals surface area contributed by atoms with E-state index in [1.807, 2.05) is 36.4 Å². The van der Waals surface area contributed by atoms with Crippen molar-refractivity contribution in [1.82, 2.24) is 4.98 Å². The van der Waals surface area contributed by atoms with Gasteiger partial charge in [0, 0.05) is 30.7 Å². The minimum atomic E-state index is -0.184. The van der Waals surface area contributed by atoms with Gasteiger partial charge >= 0.3 is 0 Å². The molecule has 1 aromatic heterocycles. The van der Waals surface area contributed by atoms with E-state index in [9.17, 15) is 4.79 Å². The number of carbonyl (C=O) groups is 1. The van der Waals surface area contributed by atoms with Gasteiger partial charge in [-0.05, 0) is 49.6 Å². The number of rotatable bonds is 6. The first-order valence-corrected chi connectivity index (χ1v) is 8.17. The van der Waals surface area contributed by atoms with E-state index in [0.717, 1.165) is 24.5 Å². The summed E-state index contributed by atoms with van der Waals surface area (Å²) in [5, 5.41) is 2.91. The van der Waals surface area contributed by atoms with Crippen molar-refractivity contribution in [2.45, 2.75) is 33.6 Å². The number of anilines is 2. The number of hydrogen-bond donors (Lipinski definition) is 1. The third kappa shape index (κ3) is 4.31. The molecule has 0 unspecified atom stereocenters. The Morgan fingerprint density at radius 3 is 2.35 bits per heavy atom. The van der Waals surface area contributed by atoms with Gasteiger partial charge in [0.05, 0.1) is 0 Å². The van der Waals surface area contributed by atoms with Gasteiger partial charge in [0.15, 0.2) is 0 Å². The third-order valence-corrected chi connectivity index (χ3v) is 3.94. The van der Waals surface area contributed by atoms with Crippen molar-refractivity contribution in [1.29, 1.82) is 0 Å². The summed E-state index contributed by atoms with van der Waals surface area (Å²) in [4.78, 5) is 18.8. The molecule has 0 atom stereocenters. The van der Waals surface area contributed by atoms with Gasteiger partial charge in [-0.1, -0.05) is 26.0 Å². The maximum Gasteiger partial charge on any atom is 0.274 e. The van der Waals surface area contributed by atoms with Crippen molar-refractivity contribution in [3.63, 3.8) is 0 Å². The quantitative estimate of drug-likeness (QED) is 0.865. The number of hydrogen-bond acceptors (Lipinski definition) is 3.